The molecule has 1 aliphatic rings. The van der Waals surface area contributed by atoms with Crippen molar-refractivity contribution in [2.45, 2.75) is 71.0 Å². The molecule has 0 radical (unpaired) electrons. The number of rotatable bonds is 9. The Morgan fingerprint density at radius 1 is 1.06 bits per heavy atom. The highest BCUT2D eigenvalue weighted by Gasteiger charge is 2.29. The van der Waals surface area contributed by atoms with Gasteiger partial charge in [-0.25, -0.2) is 0 Å². The molecule has 3 rings (SSSR count). The summed E-state index contributed by atoms with van der Waals surface area (Å²) in [6.45, 7) is 5.99. The third-order valence-corrected chi connectivity index (χ3v) is 6.72. The quantitative estimate of drug-likeness (QED) is 0.470. The summed E-state index contributed by atoms with van der Waals surface area (Å²) in [7, 11) is 0. The Labute approximate surface area is 206 Å². The van der Waals surface area contributed by atoms with Gasteiger partial charge in [-0.3, -0.25) is 9.59 Å². The van der Waals surface area contributed by atoms with E-state index in [2.05, 4.69) is 19.2 Å². The molecular formula is C26H32Cl2N2O3. The second-order valence-electron chi connectivity index (χ2n) is 8.94. The van der Waals surface area contributed by atoms with Crippen LogP contribution in [0.3, 0.4) is 0 Å². The van der Waals surface area contributed by atoms with Crippen molar-refractivity contribution in [3.8, 4) is 5.75 Å². The zero-order valence-electron chi connectivity index (χ0n) is 19.4. The molecule has 0 aliphatic heterocycles. The van der Waals surface area contributed by atoms with E-state index >= 15 is 0 Å². The number of benzene rings is 2. The maximum Gasteiger partial charge on any atom is 0.261 e. The van der Waals surface area contributed by atoms with Gasteiger partial charge in [0.25, 0.3) is 5.91 Å². The molecule has 1 atom stereocenters. The van der Waals surface area contributed by atoms with E-state index in [1.54, 1.807) is 25.1 Å². The van der Waals surface area contributed by atoms with E-state index in [0.29, 0.717) is 21.7 Å². The summed E-state index contributed by atoms with van der Waals surface area (Å²) in [5, 5.41) is 4.05. The van der Waals surface area contributed by atoms with Crippen LogP contribution in [-0.2, 0) is 16.1 Å². The van der Waals surface area contributed by atoms with Crippen LogP contribution in [0.5, 0.6) is 5.75 Å². The predicted molar refractivity (Wildman–Crippen MR) is 133 cm³/mol. The predicted octanol–water partition coefficient (Wildman–Crippen LogP) is 5.97. The Balaban J connectivity index is 1.72. The monoisotopic (exact) mass is 490 g/mol. The summed E-state index contributed by atoms with van der Waals surface area (Å²) >= 11 is 12.4. The first-order valence-electron chi connectivity index (χ1n) is 11.5. The molecule has 1 saturated carbocycles. The molecule has 2 amide bonds. The molecule has 0 saturated heterocycles. The van der Waals surface area contributed by atoms with Gasteiger partial charge in [0.15, 0.2) is 6.61 Å². The maximum absolute atomic E-state index is 13.2. The minimum atomic E-state index is -0.670. The molecule has 0 bridgehead atoms. The highest BCUT2D eigenvalue weighted by molar-refractivity contribution is 6.35. The second-order valence-corrected chi connectivity index (χ2v) is 9.78. The van der Waals surface area contributed by atoms with Crippen molar-refractivity contribution in [2.24, 2.45) is 0 Å². The lowest BCUT2D eigenvalue weighted by Gasteiger charge is -2.30. The lowest BCUT2D eigenvalue weighted by molar-refractivity contribution is -0.142. The smallest absolute Gasteiger partial charge is 0.261 e. The van der Waals surface area contributed by atoms with Gasteiger partial charge in [-0.1, -0.05) is 68.1 Å². The standard InChI is InChI=1S/C26H32Cl2N2O3/c1-17(2)19-9-12-23(13-10-19)33-16-25(31)30(15-20-8-11-21(27)14-24(20)28)18(3)26(32)29-22-6-4-5-7-22/h8-14,17-18,22H,4-7,15-16H2,1-3H3,(H,29,32). The van der Waals surface area contributed by atoms with Gasteiger partial charge in [0.2, 0.25) is 5.91 Å². The Kier molecular flexibility index (Phi) is 9.04. The van der Waals surface area contributed by atoms with E-state index in [1.165, 1.54) is 10.5 Å². The van der Waals surface area contributed by atoms with Gasteiger partial charge >= 0.3 is 0 Å². The van der Waals surface area contributed by atoms with Gasteiger partial charge in [0.1, 0.15) is 11.8 Å². The summed E-state index contributed by atoms with van der Waals surface area (Å²) in [6, 6.07) is 12.3. The van der Waals surface area contributed by atoms with Crippen LogP contribution in [0.25, 0.3) is 0 Å². The summed E-state index contributed by atoms with van der Waals surface area (Å²) in [4.78, 5) is 27.7. The van der Waals surface area contributed by atoms with Crippen molar-refractivity contribution in [3.05, 3.63) is 63.6 Å². The van der Waals surface area contributed by atoms with Crippen molar-refractivity contribution in [1.82, 2.24) is 10.2 Å². The van der Waals surface area contributed by atoms with E-state index in [-0.39, 0.29) is 31.0 Å². The fraction of sp³-hybridized carbons (Fsp3) is 0.462. The fourth-order valence-corrected chi connectivity index (χ4v) is 4.45. The average Bonchev–Trinajstić information content (AvgIpc) is 3.30. The van der Waals surface area contributed by atoms with Crippen LogP contribution in [0, 0.1) is 0 Å². The zero-order chi connectivity index (χ0) is 24.0. The average molecular weight is 491 g/mol. The third-order valence-electron chi connectivity index (χ3n) is 6.13. The molecule has 7 heteroatoms. The normalized spacial score (nSPS) is 14.8. The molecule has 33 heavy (non-hydrogen) atoms. The van der Waals surface area contributed by atoms with E-state index in [0.717, 1.165) is 31.2 Å². The highest BCUT2D eigenvalue weighted by Crippen LogP contribution is 2.24. The first kappa shape index (κ1) is 25.4. The molecule has 0 aromatic heterocycles. The van der Waals surface area contributed by atoms with Crippen molar-refractivity contribution >= 4 is 35.0 Å². The molecule has 1 fully saturated rings. The van der Waals surface area contributed by atoms with Gasteiger partial charge in [0.05, 0.1) is 0 Å². The largest absolute Gasteiger partial charge is 0.484 e. The number of amides is 2. The van der Waals surface area contributed by atoms with Gasteiger partial charge in [-0.2, -0.15) is 0 Å². The molecule has 1 N–H and O–H groups in total. The van der Waals surface area contributed by atoms with E-state index < -0.39 is 6.04 Å². The van der Waals surface area contributed by atoms with Gasteiger partial charge in [-0.15, -0.1) is 0 Å². The molecule has 2 aromatic rings. The Bertz CT molecular complexity index is 957. The number of halogens is 2. The van der Waals surface area contributed by atoms with Gasteiger partial charge < -0.3 is 15.0 Å². The minimum Gasteiger partial charge on any atom is -0.484 e. The topological polar surface area (TPSA) is 58.6 Å². The van der Waals surface area contributed by atoms with Gasteiger partial charge in [-0.05, 0) is 61.1 Å². The molecule has 0 heterocycles. The minimum absolute atomic E-state index is 0.165. The summed E-state index contributed by atoms with van der Waals surface area (Å²) in [5.41, 5.74) is 1.92. The van der Waals surface area contributed by atoms with E-state index in [4.69, 9.17) is 27.9 Å². The van der Waals surface area contributed by atoms with Crippen LogP contribution >= 0.6 is 23.2 Å². The lowest BCUT2D eigenvalue weighted by atomic mass is 10.0. The zero-order valence-corrected chi connectivity index (χ0v) is 21.0. The second kappa shape index (κ2) is 11.8. The van der Waals surface area contributed by atoms with Crippen molar-refractivity contribution in [1.29, 1.82) is 0 Å². The highest BCUT2D eigenvalue weighted by atomic mass is 35.5. The number of hydrogen-bond acceptors (Lipinski definition) is 3. The molecule has 2 aromatic carbocycles. The van der Waals surface area contributed by atoms with Crippen molar-refractivity contribution in [2.75, 3.05) is 6.61 Å². The first-order valence-corrected chi connectivity index (χ1v) is 12.3. The van der Waals surface area contributed by atoms with Crippen LogP contribution in [0.15, 0.2) is 42.5 Å². The number of nitrogens with one attached hydrogen (secondary N) is 1. The number of nitrogens with zero attached hydrogens (tertiary/aromatic N) is 1. The molecular weight excluding hydrogens is 459 g/mol. The molecule has 5 nitrogen and oxygen atoms in total. The third kappa shape index (κ3) is 7.12. The van der Waals surface area contributed by atoms with Crippen LogP contribution in [0.2, 0.25) is 10.0 Å². The number of carbonyl (C=O) groups excluding carboxylic acids is 2. The van der Waals surface area contributed by atoms with Crippen LogP contribution in [0.4, 0.5) is 0 Å². The number of ether oxygens (including phenoxy) is 1. The Hall–Kier alpha value is -2.24. The number of carbonyl (C=O) groups is 2. The van der Waals surface area contributed by atoms with Crippen LogP contribution < -0.4 is 10.1 Å². The molecule has 1 aliphatic carbocycles. The fourth-order valence-electron chi connectivity index (χ4n) is 3.98. The van der Waals surface area contributed by atoms with Crippen LogP contribution in [-0.4, -0.2) is 35.4 Å². The van der Waals surface area contributed by atoms with Crippen molar-refractivity contribution < 1.29 is 14.3 Å². The Morgan fingerprint density at radius 2 is 1.73 bits per heavy atom. The molecule has 178 valence electrons. The Morgan fingerprint density at radius 3 is 2.33 bits per heavy atom. The number of hydrogen-bond donors (Lipinski definition) is 1. The summed E-state index contributed by atoms with van der Waals surface area (Å²) < 4.78 is 5.76. The van der Waals surface area contributed by atoms with E-state index in [1.807, 2.05) is 24.3 Å². The van der Waals surface area contributed by atoms with Gasteiger partial charge in [0, 0.05) is 22.6 Å². The first-order chi connectivity index (χ1) is 15.7. The van der Waals surface area contributed by atoms with Crippen molar-refractivity contribution in [3.63, 3.8) is 0 Å². The van der Waals surface area contributed by atoms with Crippen LogP contribution in [0.1, 0.15) is 63.5 Å². The summed E-state index contributed by atoms with van der Waals surface area (Å²) in [5.74, 6) is 0.574. The van der Waals surface area contributed by atoms with E-state index in [9.17, 15) is 9.59 Å². The maximum atomic E-state index is 13.2. The molecule has 0 spiro atoms. The lowest BCUT2D eigenvalue weighted by Crippen LogP contribution is -2.50. The molecule has 1 unspecified atom stereocenters. The summed E-state index contributed by atoms with van der Waals surface area (Å²) in [6.07, 6.45) is 4.19. The SMILES string of the molecule is CC(C)c1ccc(OCC(=O)N(Cc2ccc(Cl)cc2Cl)C(C)C(=O)NC2CCCC2)cc1.